The summed E-state index contributed by atoms with van der Waals surface area (Å²) in [6, 6.07) is 0. The molecule has 0 aliphatic carbocycles. The summed E-state index contributed by atoms with van der Waals surface area (Å²) >= 11 is 0. The zero-order valence-corrected chi connectivity index (χ0v) is 48.8. The molecule has 424 valence electrons. The summed E-state index contributed by atoms with van der Waals surface area (Å²) in [5.74, 6) is -0.560. The minimum Gasteiger partial charge on any atom is -0.462 e. The van der Waals surface area contributed by atoms with E-state index in [1.54, 1.807) is 0 Å². The van der Waals surface area contributed by atoms with Gasteiger partial charge in [0.25, 0.3) is 0 Å². The van der Waals surface area contributed by atoms with E-state index in [9.17, 15) is 14.7 Å². The van der Waals surface area contributed by atoms with Crippen molar-refractivity contribution in [2.75, 3.05) is 13.2 Å². The molecule has 1 unspecified atom stereocenters. The first kappa shape index (κ1) is 69.9. The molecule has 0 heterocycles. The van der Waals surface area contributed by atoms with Gasteiger partial charge in [-0.2, -0.15) is 0 Å². The summed E-state index contributed by atoms with van der Waals surface area (Å²) in [5, 5.41) is 9.68. The average molecular weight is 1000 g/mol. The lowest BCUT2D eigenvalue weighted by molar-refractivity contribution is -0.161. The number of rotatable bonds is 63. The highest BCUT2D eigenvalue weighted by atomic mass is 16.6. The number of aliphatic hydroxyl groups excluding tert-OH is 1. The molecule has 0 bridgehead atoms. The smallest absolute Gasteiger partial charge is 0.306 e. The Labute approximate surface area is 446 Å². The van der Waals surface area contributed by atoms with Crippen LogP contribution in [0.3, 0.4) is 0 Å². The fourth-order valence-corrected chi connectivity index (χ4v) is 10.7. The molecule has 1 N–H and O–H groups in total. The Morgan fingerprint density at radius 3 is 0.620 bits per heavy atom. The highest BCUT2D eigenvalue weighted by Gasteiger charge is 2.16. The molecular formula is C66H130O5. The first-order valence-electron chi connectivity index (χ1n) is 33.1. The maximum absolute atomic E-state index is 12.3. The van der Waals surface area contributed by atoms with Gasteiger partial charge in [-0.3, -0.25) is 9.59 Å². The van der Waals surface area contributed by atoms with Crippen molar-refractivity contribution < 1.29 is 24.2 Å². The predicted octanol–water partition coefficient (Wildman–Crippen LogP) is 22.5. The predicted molar refractivity (Wildman–Crippen MR) is 312 cm³/mol. The fraction of sp³-hybridized carbons (Fsp3) is 0.970. The SMILES string of the molecule is CCCCCCCCCCCCCCCCCCCCCCCCCCCCCCCCCCCCCCC(=O)OC(CO)COC(=O)CCCCCCCCCCCCCCCCCCCCCCC. The van der Waals surface area contributed by atoms with Crippen molar-refractivity contribution in [1.82, 2.24) is 0 Å². The maximum atomic E-state index is 12.3. The monoisotopic (exact) mass is 1000 g/mol. The summed E-state index contributed by atoms with van der Waals surface area (Å²) in [7, 11) is 0. The summed E-state index contributed by atoms with van der Waals surface area (Å²) < 4.78 is 10.7. The van der Waals surface area contributed by atoms with Crippen molar-refractivity contribution >= 4 is 11.9 Å². The van der Waals surface area contributed by atoms with Gasteiger partial charge < -0.3 is 14.6 Å². The summed E-state index contributed by atoms with van der Waals surface area (Å²) in [4.78, 5) is 24.6. The van der Waals surface area contributed by atoms with E-state index in [4.69, 9.17) is 9.47 Å². The lowest BCUT2D eigenvalue weighted by atomic mass is 10.0. The Balaban J connectivity index is 3.34. The topological polar surface area (TPSA) is 72.8 Å². The van der Waals surface area contributed by atoms with Crippen LogP contribution in [-0.2, 0) is 19.1 Å². The van der Waals surface area contributed by atoms with Crippen molar-refractivity contribution in [1.29, 1.82) is 0 Å². The largest absolute Gasteiger partial charge is 0.462 e. The number of esters is 2. The Hall–Kier alpha value is -1.10. The molecule has 0 aromatic rings. The van der Waals surface area contributed by atoms with Crippen LogP contribution in [0.25, 0.3) is 0 Å². The lowest BCUT2D eigenvalue weighted by Crippen LogP contribution is -2.28. The molecule has 0 aliphatic heterocycles. The van der Waals surface area contributed by atoms with Crippen LogP contribution >= 0.6 is 0 Å². The van der Waals surface area contributed by atoms with Gasteiger partial charge in [-0.15, -0.1) is 0 Å². The molecule has 0 rings (SSSR count). The van der Waals surface area contributed by atoms with Crippen LogP contribution in [0.15, 0.2) is 0 Å². The van der Waals surface area contributed by atoms with Gasteiger partial charge >= 0.3 is 11.9 Å². The third-order valence-corrected chi connectivity index (χ3v) is 15.7. The molecule has 5 nitrogen and oxygen atoms in total. The fourth-order valence-electron chi connectivity index (χ4n) is 10.7. The van der Waals surface area contributed by atoms with Gasteiger partial charge in [0.1, 0.15) is 6.61 Å². The van der Waals surface area contributed by atoms with Crippen LogP contribution in [-0.4, -0.2) is 36.4 Å². The quantitative estimate of drug-likeness (QED) is 0.0485. The molecule has 0 aliphatic rings. The van der Waals surface area contributed by atoms with Crippen LogP contribution in [0.1, 0.15) is 393 Å². The first-order valence-corrected chi connectivity index (χ1v) is 33.1. The summed E-state index contributed by atoms with van der Waals surface area (Å²) in [6.45, 7) is 4.22. The molecule has 71 heavy (non-hydrogen) atoms. The highest BCUT2D eigenvalue weighted by Crippen LogP contribution is 2.19. The second-order valence-electron chi connectivity index (χ2n) is 22.9. The molecule has 1 atom stereocenters. The van der Waals surface area contributed by atoms with Crippen LogP contribution < -0.4 is 0 Å². The Kier molecular flexibility index (Phi) is 62.2. The second kappa shape index (κ2) is 63.2. The van der Waals surface area contributed by atoms with Crippen LogP contribution in [0, 0.1) is 0 Å². The number of hydrogen-bond donors (Lipinski definition) is 1. The van der Waals surface area contributed by atoms with Gasteiger partial charge in [-0.1, -0.05) is 367 Å². The van der Waals surface area contributed by atoms with E-state index in [2.05, 4.69) is 13.8 Å². The third-order valence-electron chi connectivity index (χ3n) is 15.7. The van der Waals surface area contributed by atoms with Gasteiger partial charge in [-0.05, 0) is 12.8 Å². The van der Waals surface area contributed by atoms with Crippen molar-refractivity contribution in [3.05, 3.63) is 0 Å². The zero-order valence-electron chi connectivity index (χ0n) is 48.8. The lowest BCUT2D eigenvalue weighted by Gasteiger charge is -2.15. The Bertz CT molecular complexity index is 999. The minimum atomic E-state index is -0.765. The Morgan fingerprint density at radius 1 is 0.268 bits per heavy atom. The molecule has 5 heteroatoms. The molecule has 0 spiro atoms. The maximum Gasteiger partial charge on any atom is 0.306 e. The third kappa shape index (κ3) is 61.3. The average Bonchev–Trinajstić information content (AvgIpc) is 3.37. The van der Waals surface area contributed by atoms with Crippen molar-refractivity contribution in [3.8, 4) is 0 Å². The molecular weight excluding hydrogens is 873 g/mol. The molecule has 0 aromatic carbocycles. The van der Waals surface area contributed by atoms with Gasteiger partial charge in [0.15, 0.2) is 6.10 Å². The molecule has 0 amide bonds. The van der Waals surface area contributed by atoms with E-state index < -0.39 is 6.10 Å². The number of aliphatic hydroxyl groups is 1. The molecule has 0 fully saturated rings. The van der Waals surface area contributed by atoms with Gasteiger partial charge in [0, 0.05) is 12.8 Å². The standard InChI is InChI=1S/C66H130O5/c1-3-5-7-9-11-13-15-17-19-21-23-25-26-27-28-29-30-31-32-33-34-35-36-37-38-39-41-43-45-47-49-51-53-55-57-59-61-66(69)71-64(62-67)63-70-65(68)60-58-56-54-52-50-48-46-44-42-40-24-22-20-18-16-14-12-10-8-6-4-2/h64,67H,3-63H2,1-2H3. The van der Waals surface area contributed by atoms with Crippen molar-refractivity contribution in [2.24, 2.45) is 0 Å². The molecule has 0 saturated carbocycles. The van der Waals surface area contributed by atoms with Crippen LogP contribution in [0.5, 0.6) is 0 Å². The minimum absolute atomic E-state index is 0.0555. The van der Waals surface area contributed by atoms with Crippen molar-refractivity contribution in [2.45, 2.75) is 399 Å². The van der Waals surface area contributed by atoms with E-state index in [0.29, 0.717) is 12.8 Å². The van der Waals surface area contributed by atoms with Gasteiger partial charge in [0.2, 0.25) is 0 Å². The zero-order chi connectivity index (χ0) is 51.3. The van der Waals surface area contributed by atoms with Crippen LogP contribution in [0.4, 0.5) is 0 Å². The molecule has 0 saturated heterocycles. The molecule has 0 radical (unpaired) electrons. The van der Waals surface area contributed by atoms with E-state index in [1.807, 2.05) is 0 Å². The number of hydrogen-bond acceptors (Lipinski definition) is 5. The second-order valence-corrected chi connectivity index (χ2v) is 22.9. The first-order chi connectivity index (χ1) is 35.1. The van der Waals surface area contributed by atoms with Gasteiger partial charge in [-0.25, -0.2) is 0 Å². The number of ether oxygens (including phenoxy) is 2. The van der Waals surface area contributed by atoms with Crippen molar-refractivity contribution in [3.63, 3.8) is 0 Å². The number of carbonyl (C=O) groups is 2. The van der Waals surface area contributed by atoms with E-state index in [-0.39, 0.29) is 25.2 Å². The summed E-state index contributed by atoms with van der Waals surface area (Å²) in [6.07, 6.45) is 78.5. The van der Waals surface area contributed by atoms with E-state index in [1.165, 1.54) is 334 Å². The van der Waals surface area contributed by atoms with E-state index >= 15 is 0 Å². The van der Waals surface area contributed by atoms with Gasteiger partial charge in [0.05, 0.1) is 6.61 Å². The summed E-state index contributed by atoms with van der Waals surface area (Å²) in [5.41, 5.74) is 0. The highest BCUT2D eigenvalue weighted by molar-refractivity contribution is 5.70. The number of unbranched alkanes of at least 4 members (excludes halogenated alkanes) is 55. The Morgan fingerprint density at radius 2 is 0.437 bits per heavy atom. The van der Waals surface area contributed by atoms with Crippen LogP contribution in [0.2, 0.25) is 0 Å². The normalized spacial score (nSPS) is 12.0. The molecule has 0 aromatic heterocycles. The number of carbonyl (C=O) groups excluding carboxylic acids is 2. The van der Waals surface area contributed by atoms with E-state index in [0.717, 1.165) is 32.1 Å².